The van der Waals surface area contributed by atoms with Crippen LogP contribution in [-0.4, -0.2) is 21.9 Å². The number of anilines is 1. The van der Waals surface area contributed by atoms with Gasteiger partial charge in [0, 0.05) is 18.4 Å². The predicted octanol–water partition coefficient (Wildman–Crippen LogP) is 4.49. The van der Waals surface area contributed by atoms with Crippen molar-refractivity contribution in [2.75, 3.05) is 5.32 Å². The van der Waals surface area contributed by atoms with E-state index < -0.39 is 0 Å². The number of nitrogens with one attached hydrogen (secondary N) is 1. The van der Waals surface area contributed by atoms with Crippen LogP contribution in [0, 0.1) is 13.8 Å². The maximum absolute atomic E-state index is 12.2. The van der Waals surface area contributed by atoms with Gasteiger partial charge in [0.15, 0.2) is 10.8 Å². The summed E-state index contributed by atoms with van der Waals surface area (Å²) >= 11 is 2.90. The highest BCUT2D eigenvalue weighted by Gasteiger charge is 2.13. The molecule has 0 saturated heterocycles. The van der Waals surface area contributed by atoms with E-state index in [2.05, 4.69) is 15.5 Å². The molecule has 0 aliphatic heterocycles. The summed E-state index contributed by atoms with van der Waals surface area (Å²) in [6.07, 6.45) is 0.296. The molecule has 0 saturated carbocycles. The van der Waals surface area contributed by atoms with E-state index in [9.17, 15) is 9.59 Å². The molecule has 0 fully saturated rings. The maximum atomic E-state index is 12.2. The number of aromatic nitrogens is 2. The van der Waals surface area contributed by atoms with Gasteiger partial charge in [-0.05, 0) is 42.5 Å². The highest BCUT2D eigenvalue weighted by atomic mass is 32.1. The quantitative estimate of drug-likeness (QED) is 0.648. The molecule has 25 heavy (non-hydrogen) atoms. The zero-order chi connectivity index (χ0) is 17.8. The van der Waals surface area contributed by atoms with Crippen molar-refractivity contribution in [1.29, 1.82) is 0 Å². The number of ketones is 1. The number of aryl methyl sites for hydroxylation is 2. The Morgan fingerprint density at radius 1 is 1.08 bits per heavy atom. The van der Waals surface area contributed by atoms with Crippen molar-refractivity contribution in [3.63, 3.8) is 0 Å². The van der Waals surface area contributed by atoms with Gasteiger partial charge in [-0.2, -0.15) is 0 Å². The molecule has 128 valence electrons. The van der Waals surface area contributed by atoms with Crippen LogP contribution in [-0.2, 0) is 4.79 Å². The Kier molecular flexibility index (Phi) is 5.35. The molecule has 2 heterocycles. The predicted molar refractivity (Wildman–Crippen MR) is 101 cm³/mol. The molecule has 1 amide bonds. The van der Waals surface area contributed by atoms with Crippen LogP contribution < -0.4 is 5.32 Å². The van der Waals surface area contributed by atoms with E-state index in [4.69, 9.17) is 0 Å². The van der Waals surface area contributed by atoms with Gasteiger partial charge in [0.25, 0.3) is 0 Å². The second-order valence-electron chi connectivity index (χ2n) is 5.66. The molecule has 3 rings (SSSR count). The van der Waals surface area contributed by atoms with Gasteiger partial charge in [0.2, 0.25) is 11.0 Å². The first kappa shape index (κ1) is 17.4. The number of hydrogen-bond acceptors (Lipinski definition) is 6. The van der Waals surface area contributed by atoms with Gasteiger partial charge in [-0.25, -0.2) is 0 Å². The summed E-state index contributed by atoms with van der Waals surface area (Å²) in [5.74, 6) is -0.263. The van der Waals surface area contributed by atoms with E-state index in [0.717, 1.165) is 21.0 Å². The van der Waals surface area contributed by atoms with E-state index in [-0.39, 0.29) is 24.5 Å². The fourth-order valence-electron chi connectivity index (χ4n) is 2.24. The van der Waals surface area contributed by atoms with Crippen LogP contribution in [0.4, 0.5) is 5.13 Å². The van der Waals surface area contributed by atoms with E-state index in [1.165, 1.54) is 11.3 Å². The van der Waals surface area contributed by atoms with E-state index >= 15 is 0 Å². The smallest absolute Gasteiger partial charge is 0.226 e. The maximum Gasteiger partial charge on any atom is 0.226 e. The van der Waals surface area contributed by atoms with Gasteiger partial charge in [-0.15, -0.1) is 21.5 Å². The fourth-order valence-corrected chi connectivity index (χ4v) is 3.79. The number of carbonyl (C=O) groups excluding carboxylic acids is 2. The van der Waals surface area contributed by atoms with Gasteiger partial charge in [-0.1, -0.05) is 29.5 Å². The molecule has 2 aromatic heterocycles. The largest absolute Gasteiger partial charge is 0.301 e. The number of rotatable bonds is 6. The van der Waals surface area contributed by atoms with Gasteiger partial charge < -0.3 is 5.32 Å². The van der Waals surface area contributed by atoms with Crippen molar-refractivity contribution in [3.05, 3.63) is 52.4 Å². The summed E-state index contributed by atoms with van der Waals surface area (Å²) in [7, 11) is 0. The second kappa shape index (κ2) is 7.67. The molecular weight excluding hydrogens is 354 g/mol. The molecule has 7 heteroatoms. The summed E-state index contributed by atoms with van der Waals surface area (Å²) in [5.41, 5.74) is 2.86. The first-order chi connectivity index (χ1) is 12.0. The average Bonchev–Trinajstić information content (AvgIpc) is 3.26. The van der Waals surface area contributed by atoms with Crippen LogP contribution in [0.1, 0.15) is 34.3 Å². The second-order valence-corrected chi connectivity index (χ2v) is 7.59. The number of benzene rings is 1. The number of amides is 1. The molecule has 3 aromatic rings. The van der Waals surface area contributed by atoms with E-state index in [1.807, 2.05) is 43.5 Å². The lowest BCUT2D eigenvalue weighted by atomic mass is 10.0. The normalized spacial score (nSPS) is 10.6. The van der Waals surface area contributed by atoms with Crippen molar-refractivity contribution in [2.24, 2.45) is 0 Å². The molecule has 0 unspecified atom stereocenters. The molecular formula is C18H17N3O2S2. The Morgan fingerprint density at radius 3 is 2.64 bits per heavy atom. The molecule has 5 nitrogen and oxygen atoms in total. The lowest BCUT2D eigenvalue weighted by Gasteiger charge is -2.04. The Balaban J connectivity index is 1.54. The lowest BCUT2D eigenvalue weighted by Crippen LogP contribution is -2.13. The molecule has 1 aromatic carbocycles. The minimum absolute atomic E-state index is 0.0326. The Morgan fingerprint density at radius 2 is 1.92 bits per heavy atom. The molecule has 0 radical (unpaired) electrons. The molecule has 1 N–H and O–H groups in total. The SMILES string of the molecule is Cc1ccc(C(=O)CCC(=O)Nc2nnc(-c3cccs3)s2)cc1C. The molecule has 0 atom stereocenters. The summed E-state index contributed by atoms with van der Waals surface area (Å²) in [5, 5.41) is 13.9. The zero-order valence-corrected chi connectivity index (χ0v) is 15.5. The van der Waals surface area contributed by atoms with Crippen molar-refractivity contribution < 1.29 is 9.59 Å². The highest BCUT2D eigenvalue weighted by Crippen LogP contribution is 2.29. The van der Waals surface area contributed by atoms with Crippen molar-refractivity contribution >= 4 is 39.5 Å². The third-order valence-corrected chi connectivity index (χ3v) is 5.69. The van der Waals surface area contributed by atoms with Crippen molar-refractivity contribution in [3.8, 4) is 9.88 Å². The number of Topliss-reactive ketones (excluding diaryl/α,β-unsaturated/α-hetero) is 1. The minimum Gasteiger partial charge on any atom is -0.301 e. The molecule has 0 aliphatic carbocycles. The number of nitrogens with zero attached hydrogens (tertiary/aromatic N) is 2. The van der Waals surface area contributed by atoms with Gasteiger partial charge in [0.05, 0.1) is 4.88 Å². The first-order valence-corrected chi connectivity index (χ1v) is 9.50. The third kappa shape index (κ3) is 4.37. The van der Waals surface area contributed by atoms with Gasteiger partial charge in [0.1, 0.15) is 0 Å². The summed E-state index contributed by atoms with van der Waals surface area (Å²) in [4.78, 5) is 25.3. The Hall–Kier alpha value is -2.38. The van der Waals surface area contributed by atoms with Crippen LogP contribution in [0.15, 0.2) is 35.7 Å². The Labute approximate surface area is 153 Å². The highest BCUT2D eigenvalue weighted by molar-refractivity contribution is 7.23. The number of thiophene rings is 1. The molecule has 0 spiro atoms. The summed E-state index contributed by atoms with van der Waals surface area (Å²) in [6.45, 7) is 3.98. The summed E-state index contributed by atoms with van der Waals surface area (Å²) in [6, 6.07) is 9.50. The standard InChI is InChI=1S/C18H17N3O2S2/c1-11-5-6-13(10-12(11)2)14(22)7-8-16(23)19-18-21-20-17(25-18)15-4-3-9-24-15/h3-6,9-10H,7-8H2,1-2H3,(H,19,21,23). The van der Waals surface area contributed by atoms with Gasteiger partial charge in [-0.3, -0.25) is 9.59 Å². The van der Waals surface area contributed by atoms with Crippen LogP contribution in [0.25, 0.3) is 9.88 Å². The Bertz CT molecular complexity index is 901. The van der Waals surface area contributed by atoms with Crippen molar-refractivity contribution in [2.45, 2.75) is 26.7 Å². The third-order valence-electron chi connectivity index (χ3n) is 3.81. The molecule has 0 aliphatic rings. The number of hydrogen-bond donors (Lipinski definition) is 1. The van der Waals surface area contributed by atoms with Crippen LogP contribution in [0.3, 0.4) is 0 Å². The average molecular weight is 371 g/mol. The van der Waals surface area contributed by atoms with Crippen LogP contribution in [0.2, 0.25) is 0 Å². The van der Waals surface area contributed by atoms with E-state index in [0.29, 0.717) is 10.7 Å². The van der Waals surface area contributed by atoms with Crippen molar-refractivity contribution in [1.82, 2.24) is 10.2 Å². The molecule has 0 bridgehead atoms. The summed E-state index contributed by atoms with van der Waals surface area (Å²) < 4.78 is 0. The van der Waals surface area contributed by atoms with Crippen LogP contribution in [0.5, 0.6) is 0 Å². The fraction of sp³-hybridized carbons (Fsp3) is 0.222. The monoisotopic (exact) mass is 371 g/mol. The van der Waals surface area contributed by atoms with E-state index in [1.54, 1.807) is 17.4 Å². The zero-order valence-electron chi connectivity index (χ0n) is 13.9. The minimum atomic E-state index is -0.230. The topological polar surface area (TPSA) is 72.0 Å². The van der Waals surface area contributed by atoms with Gasteiger partial charge >= 0.3 is 0 Å². The lowest BCUT2D eigenvalue weighted by molar-refractivity contribution is -0.116. The van der Waals surface area contributed by atoms with Crippen LogP contribution >= 0.6 is 22.7 Å². The first-order valence-electron chi connectivity index (χ1n) is 7.80. The number of carbonyl (C=O) groups is 2.